The van der Waals surface area contributed by atoms with E-state index in [2.05, 4.69) is 33.8 Å². The van der Waals surface area contributed by atoms with Crippen molar-refractivity contribution in [1.82, 2.24) is 14.8 Å². The van der Waals surface area contributed by atoms with Gasteiger partial charge in [-0.2, -0.15) is 0 Å². The summed E-state index contributed by atoms with van der Waals surface area (Å²) in [6.45, 7) is 7.66. The van der Waals surface area contributed by atoms with Gasteiger partial charge in [0.15, 0.2) is 0 Å². The number of hydrogen-bond acceptors (Lipinski definition) is 6. The average Bonchev–Trinajstić information content (AvgIpc) is 3.20. The third-order valence-corrected chi connectivity index (χ3v) is 6.17. The molecular weight excluding hydrogens is 372 g/mol. The molecule has 0 aliphatic carbocycles. The standard InChI is InChI=1S/C21H30N4O2S/c1-4-7-20-22-16-19(28-20)21(26)23(2)10-11-24-12-14-25(15-13-24)17-8-5-6-9-18(17)27-3/h5-6,8-9,16H,4,7,10-15H2,1-3H3. The van der Waals surface area contributed by atoms with E-state index in [-0.39, 0.29) is 5.91 Å². The predicted octanol–water partition coefficient (Wildman–Crippen LogP) is 3.00. The van der Waals surface area contributed by atoms with E-state index < -0.39 is 0 Å². The average molecular weight is 403 g/mol. The molecule has 0 spiro atoms. The van der Waals surface area contributed by atoms with Gasteiger partial charge < -0.3 is 14.5 Å². The van der Waals surface area contributed by atoms with Crippen LogP contribution in [-0.4, -0.2) is 74.1 Å². The molecule has 2 aromatic rings. The van der Waals surface area contributed by atoms with Gasteiger partial charge in [-0.15, -0.1) is 11.3 Å². The zero-order chi connectivity index (χ0) is 19.9. The van der Waals surface area contributed by atoms with Crippen LogP contribution < -0.4 is 9.64 Å². The summed E-state index contributed by atoms with van der Waals surface area (Å²) in [5.74, 6) is 1.00. The number of ether oxygens (including phenoxy) is 1. The molecule has 1 aliphatic rings. The molecule has 1 amide bonds. The van der Waals surface area contributed by atoms with Crippen molar-refractivity contribution >= 4 is 22.9 Å². The Morgan fingerprint density at radius 1 is 1.25 bits per heavy atom. The van der Waals surface area contributed by atoms with Crippen molar-refractivity contribution in [2.45, 2.75) is 19.8 Å². The van der Waals surface area contributed by atoms with Gasteiger partial charge in [0.1, 0.15) is 10.6 Å². The molecule has 2 heterocycles. The number of piperazine rings is 1. The highest BCUT2D eigenvalue weighted by Crippen LogP contribution is 2.28. The Morgan fingerprint density at radius 2 is 2.00 bits per heavy atom. The number of likely N-dealkylation sites (N-methyl/N-ethyl adjacent to an activating group) is 1. The fraction of sp³-hybridized carbons (Fsp3) is 0.524. The Hall–Kier alpha value is -2.12. The van der Waals surface area contributed by atoms with Gasteiger partial charge in [-0.05, 0) is 25.0 Å². The number of aromatic nitrogens is 1. The number of thiazole rings is 1. The molecule has 1 aromatic carbocycles. The maximum absolute atomic E-state index is 12.6. The largest absolute Gasteiger partial charge is 0.495 e. The second-order valence-corrected chi connectivity index (χ2v) is 8.21. The number of aryl methyl sites for hydroxylation is 1. The highest BCUT2D eigenvalue weighted by atomic mass is 32.1. The zero-order valence-electron chi connectivity index (χ0n) is 17.1. The van der Waals surface area contributed by atoms with Crippen molar-refractivity contribution in [3.05, 3.63) is 40.3 Å². The van der Waals surface area contributed by atoms with Gasteiger partial charge in [0, 0.05) is 46.3 Å². The van der Waals surface area contributed by atoms with Gasteiger partial charge in [-0.3, -0.25) is 9.69 Å². The lowest BCUT2D eigenvalue weighted by Gasteiger charge is -2.37. The van der Waals surface area contributed by atoms with Crippen LogP contribution in [0.1, 0.15) is 28.0 Å². The Labute approximate surface area is 171 Å². The maximum atomic E-state index is 12.6. The van der Waals surface area contributed by atoms with Crippen LogP contribution >= 0.6 is 11.3 Å². The van der Waals surface area contributed by atoms with E-state index in [4.69, 9.17) is 4.74 Å². The molecule has 0 unspecified atom stereocenters. The summed E-state index contributed by atoms with van der Waals surface area (Å²) in [5, 5.41) is 1.05. The predicted molar refractivity (Wildman–Crippen MR) is 115 cm³/mol. The molecule has 0 saturated carbocycles. The summed E-state index contributed by atoms with van der Waals surface area (Å²) in [7, 11) is 3.60. The maximum Gasteiger partial charge on any atom is 0.265 e. The van der Waals surface area contributed by atoms with E-state index in [1.54, 1.807) is 13.3 Å². The molecule has 6 nitrogen and oxygen atoms in total. The normalized spacial score (nSPS) is 14.9. The van der Waals surface area contributed by atoms with Gasteiger partial charge in [0.25, 0.3) is 5.91 Å². The molecule has 28 heavy (non-hydrogen) atoms. The number of nitrogens with zero attached hydrogens (tertiary/aromatic N) is 4. The molecule has 152 valence electrons. The zero-order valence-corrected chi connectivity index (χ0v) is 17.9. The summed E-state index contributed by atoms with van der Waals surface area (Å²) in [4.78, 5) is 24.3. The van der Waals surface area contributed by atoms with Gasteiger partial charge in [-0.25, -0.2) is 4.98 Å². The monoisotopic (exact) mass is 402 g/mol. The molecule has 3 rings (SSSR count). The van der Waals surface area contributed by atoms with Gasteiger partial charge in [0.05, 0.1) is 24.0 Å². The quantitative estimate of drug-likeness (QED) is 0.679. The van der Waals surface area contributed by atoms with Crippen LogP contribution in [0.3, 0.4) is 0 Å². The van der Waals surface area contributed by atoms with Crippen molar-refractivity contribution < 1.29 is 9.53 Å². The van der Waals surface area contributed by atoms with Crippen LogP contribution in [-0.2, 0) is 6.42 Å². The summed E-state index contributed by atoms with van der Waals surface area (Å²) < 4.78 is 5.49. The van der Waals surface area contributed by atoms with Crippen molar-refractivity contribution in [2.75, 3.05) is 58.3 Å². The molecule has 1 fully saturated rings. The van der Waals surface area contributed by atoms with Crippen LogP contribution in [0.5, 0.6) is 5.75 Å². The number of amides is 1. The molecule has 1 aliphatic heterocycles. The third kappa shape index (κ3) is 5.02. The molecular formula is C21H30N4O2S. The van der Waals surface area contributed by atoms with Crippen LogP contribution in [0.2, 0.25) is 0 Å². The highest BCUT2D eigenvalue weighted by molar-refractivity contribution is 7.13. The second-order valence-electron chi connectivity index (χ2n) is 7.10. The smallest absolute Gasteiger partial charge is 0.265 e. The molecule has 1 saturated heterocycles. The second kappa shape index (κ2) is 9.89. The first-order chi connectivity index (χ1) is 13.6. The fourth-order valence-electron chi connectivity index (χ4n) is 3.42. The minimum Gasteiger partial charge on any atom is -0.495 e. The van der Waals surface area contributed by atoms with E-state index >= 15 is 0 Å². The third-order valence-electron chi connectivity index (χ3n) is 5.12. The van der Waals surface area contributed by atoms with E-state index in [1.165, 1.54) is 11.3 Å². The lowest BCUT2D eigenvalue weighted by Crippen LogP contribution is -2.48. The van der Waals surface area contributed by atoms with Gasteiger partial charge in [0.2, 0.25) is 0 Å². The van der Waals surface area contributed by atoms with E-state index in [0.717, 1.165) is 73.4 Å². The van der Waals surface area contributed by atoms with Crippen molar-refractivity contribution in [2.24, 2.45) is 0 Å². The molecule has 0 bridgehead atoms. The Kier molecular flexibility index (Phi) is 7.28. The van der Waals surface area contributed by atoms with Crippen LogP contribution in [0, 0.1) is 0 Å². The number of para-hydroxylation sites is 2. The summed E-state index contributed by atoms with van der Waals surface area (Å²) >= 11 is 1.52. The first-order valence-corrected chi connectivity index (χ1v) is 10.7. The van der Waals surface area contributed by atoms with Gasteiger partial charge in [-0.1, -0.05) is 19.1 Å². The number of carbonyl (C=O) groups excluding carboxylic acids is 1. The van der Waals surface area contributed by atoms with Crippen LogP contribution in [0.25, 0.3) is 0 Å². The lowest BCUT2D eigenvalue weighted by atomic mass is 10.2. The van der Waals surface area contributed by atoms with Crippen LogP contribution in [0.15, 0.2) is 30.5 Å². The Balaban J connectivity index is 1.46. The lowest BCUT2D eigenvalue weighted by molar-refractivity contribution is 0.0781. The van der Waals surface area contributed by atoms with E-state index in [1.807, 2.05) is 24.1 Å². The van der Waals surface area contributed by atoms with E-state index in [9.17, 15) is 4.79 Å². The SMILES string of the molecule is CCCc1ncc(C(=O)N(C)CCN2CCN(c3ccccc3OC)CC2)s1. The highest BCUT2D eigenvalue weighted by Gasteiger charge is 2.21. The summed E-state index contributed by atoms with van der Waals surface area (Å²) in [6, 6.07) is 8.17. The Morgan fingerprint density at radius 3 is 2.71 bits per heavy atom. The molecule has 1 aromatic heterocycles. The minimum atomic E-state index is 0.0764. The molecule has 0 atom stereocenters. The van der Waals surface area contributed by atoms with Crippen LogP contribution in [0.4, 0.5) is 5.69 Å². The number of methoxy groups -OCH3 is 1. The Bertz CT molecular complexity index is 771. The molecule has 0 N–H and O–H groups in total. The number of carbonyl (C=O) groups is 1. The molecule has 7 heteroatoms. The first kappa shape index (κ1) is 20.6. The van der Waals surface area contributed by atoms with Crippen molar-refractivity contribution in [3.63, 3.8) is 0 Å². The summed E-state index contributed by atoms with van der Waals surface area (Å²) in [6.07, 6.45) is 3.72. The minimum absolute atomic E-state index is 0.0764. The van der Waals surface area contributed by atoms with E-state index in [0.29, 0.717) is 0 Å². The van der Waals surface area contributed by atoms with Crippen molar-refractivity contribution in [3.8, 4) is 5.75 Å². The van der Waals surface area contributed by atoms with Gasteiger partial charge >= 0.3 is 0 Å². The topological polar surface area (TPSA) is 48.9 Å². The number of hydrogen-bond donors (Lipinski definition) is 0. The number of rotatable bonds is 8. The number of benzene rings is 1. The van der Waals surface area contributed by atoms with Crippen molar-refractivity contribution in [1.29, 1.82) is 0 Å². The summed E-state index contributed by atoms with van der Waals surface area (Å²) in [5.41, 5.74) is 1.16. The fourth-order valence-corrected chi connectivity index (χ4v) is 4.44. The first-order valence-electron chi connectivity index (χ1n) is 9.93. The molecule has 0 radical (unpaired) electrons. The number of anilines is 1.